The molecule has 0 radical (unpaired) electrons. The fraction of sp³-hybridized carbons (Fsp3) is 0.714. The van der Waals surface area contributed by atoms with Crippen molar-refractivity contribution in [3.05, 3.63) is 12.7 Å². The van der Waals surface area contributed by atoms with Crippen LogP contribution in [0.5, 0.6) is 0 Å². The zero-order valence-corrected chi connectivity index (χ0v) is 6.06. The summed E-state index contributed by atoms with van der Waals surface area (Å²) in [4.78, 5) is 0. The van der Waals surface area contributed by atoms with E-state index in [0.717, 1.165) is 12.8 Å². The zero-order chi connectivity index (χ0) is 7.11. The summed E-state index contributed by atoms with van der Waals surface area (Å²) in [7, 11) is 1.93. The van der Waals surface area contributed by atoms with Crippen LogP contribution in [0.4, 0.5) is 0 Å². The molecule has 0 bridgehead atoms. The lowest BCUT2D eigenvalue weighted by atomic mass is 10.1. The second kappa shape index (κ2) is 5.79. The minimum atomic E-state index is 0.461. The van der Waals surface area contributed by atoms with Crippen molar-refractivity contribution in [3.8, 4) is 0 Å². The normalized spacial score (nSPS) is 13.1. The van der Waals surface area contributed by atoms with Gasteiger partial charge in [-0.2, -0.15) is 0 Å². The molecule has 3 N–H and O–H groups in total. The van der Waals surface area contributed by atoms with E-state index in [1.807, 2.05) is 13.1 Å². The first-order chi connectivity index (χ1) is 4.35. The largest absolute Gasteiger partial charge is 0.329 e. The standard InChI is InChI=1S/C7H16N2/c1-3-4-5-7(6-8)9-2/h3,7,9H,1,4-6,8H2,2H3. The van der Waals surface area contributed by atoms with Crippen LogP contribution in [0.15, 0.2) is 12.7 Å². The summed E-state index contributed by atoms with van der Waals surface area (Å²) in [5.74, 6) is 0. The van der Waals surface area contributed by atoms with Crippen molar-refractivity contribution < 1.29 is 0 Å². The first-order valence-corrected chi connectivity index (χ1v) is 3.33. The summed E-state index contributed by atoms with van der Waals surface area (Å²) in [6, 6.07) is 0.461. The number of allylic oxidation sites excluding steroid dienone is 1. The second-order valence-electron chi connectivity index (χ2n) is 2.09. The molecule has 1 unspecified atom stereocenters. The predicted molar refractivity (Wildman–Crippen MR) is 41.3 cm³/mol. The molecule has 0 aliphatic heterocycles. The van der Waals surface area contributed by atoms with Gasteiger partial charge in [0.1, 0.15) is 0 Å². The van der Waals surface area contributed by atoms with Gasteiger partial charge in [-0.1, -0.05) is 6.08 Å². The Morgan fingerprint density at radius 1 is 1.78 bits per heavy atom. The lowest BCUT2D eigenvalue weighted by Crippen LogP contribution is -2.32. The summed E-state index contributed by atoms with van der Waals surface area (Å²) >= 11 is 0. The Balaban J connectivity index is 3.19. The maximum atomic E-state index is 5.43. The fourth-order valence-corrected chi connectivity index (χ4v) is 0.699. The number of likely N-dealkylation sites (N-methyl/N-ethyl adjacent to an activating group) is 1. The Labute approximate surface area is 57.1 Å². The molecule has 0 saturated heterocycles. The van der Waals surface area contributed by atoms with Crippen LogP contribution in [0.2, 0.25) is 0 Å². The highest BCUT2D eigenvalue weighted by molar-refractivity contribution is 4.72. The van der Waals surface area contributed by atoms with E-state index in [0.29, 0.717) is 12.6 Å². The van der Waals surface area contributed by atoms with Crippen molar-refractivity contribution in [3.63, 3.8) is 0 Å². The van der Waals surface area contributed by atoms with Gasteiger partial charge in [0.15, 0.2) is 0 Å². The fourth-order valence-electron chi connectivity index (χ4n) is 0.699. The molecule has 0 aromatic heterocycles. The molecule has 0 fully saturated rings. The van der Waals surface area contributed by atoms with Crippen molar-refractivity contribution in [2.24, 2.45) is 5.73 Å². The molecule has 9 heavy (non-hydrogen) atoms. The maximum Gasteiger partial charge on any atom is 0.0190 e. The molecule has 2 nitrogen and oxygen atoms in total. The van der Waals surface area contributed by atoms with E-state index in [9.17, 15) is 0 Å². The van der Waals surface area contributed by atoms with Crippen LogP contribution >= 0.6 is 0 Å². The number of rotatable bonds is 5. The van der Waals surface area contributed by atoms with Crippen LogP contribution in [0, 0.1) is 0 Å². The molecular weight excluding hydrogens is 112 g/mol. The Bertz CT molecular complexity index is 67.3. The van der Waals surface area contributed by atoms with Gasteiger partial charge in [-0.3, -0.25) is 0 Å². The summed E-state index contributed by atoms with van der Waals surface area (Å²) in [5.41, 5.74) is 5.43. The quantitative estimate of drug-likeness (QED) is 0.529. The molecule has 0 aliphatic carbocycles. The lowest BCUT2D eigenvalue weighted by molar-refractivity contribution is 0.536. The minimum Gasteiger partial charge on any atom is -0.329 e. The van der Waals surface area contributed by atoms with Gasteiger partial charge in [-0.05, 0) is 19.9 Å². The molecule has 1 atom stereocenters. The highest BCUT2D eigenvalue weighted by Gasteiger charge is 1.98. The van der Waals surface area contributed by atoms with E-state index < -0.39 is 0 Å². The first kappa shape index (κ1) is 8.66. The van der Waals surface area contributed by atoms with Gasteiger partial charge >= 0.3 is 0 Å². The van der Waals surface area contributed by atoms with Crippen LogP contribution in [0.1, 0.15) is 12.8 Å². The Morgan fingerprint density at radius 2 is 2.44 bits per heavy atom. The van der Waals surface area contributed by atoms with Crippen molar-refractivity contribution in [2.45, 2.75) is 18.9 Å². The SMILES string of the molecule is C=CCCC(CN)NC. The molecule has 0 heterocycles. The molecule has 0 aromatic carbocycles. The van der Waals surface area contributed by atoms with E-state index in [2.05, 4.69) is 11.9 Å². The molecule has 0 saturated carbocycles. The average molecular weight is 128 g/mol. The van der Waals surface area contributed by atoms with Crippen molar-refractivity contribution in [1.29, 1.82) is 0 Å². The maximum absolute atomic E-state index is 5.43. The third kappa shape index (κ3) is 4.18. The van der Waals surface area contributed by atoms with Crippen molar-refractivity contribution in [2.75, 3.05) is 13.6 Å². The topological polar surface area (TPSA) is 38.0 Å². The van der Waals surface area contributed by atoms with Crippen LogP contribution in [-0.4, -0.2) is 19.6 Å². The molecule has 0 amide bonds. The zero-order valence-electron chi connectivity index (χ0n) is 6.06. The molecular formula is C7H16N2. The molecule has 54 valence electrons. The highest BCUT2D eigenvalue weighted by Crippen LogP contribution is 1.94. The molecule has 2 heteroatoms. The Kier molecular flexibility index (Phi) is 5.57. The average Bonchev–Trinajstić information content (AvgIpc) is 1.91. The van der Waals surface area contributed by atoms with Crippen LogP contribution in [0.25, 0.3) is 0 Å². The number of hydrogen-bond acceptors (Lipinski definition) is 2. The van der Waals surface area contributed by atoms with Gasteiger partial charge in [0, 0.05) is 12.6 Å². The van der Waals surface area contributed by atoms with E-state index in [-0.39, 0.29) is 0 Å². The second-order valence-corrected chi connectivity index (χ2v) is 2.09. The Morgan fingerprint density at radius 3 is 2.78 bits per heavy atom. The van der Waals surface area contributed by atoms with Gasteiger partial charge < -0.3 is 11.1 Å². The first-order valence-electron chi connectivity index (χ1n) is 3.33. The molecule has 0 rings (SSSR count). The van der Waals surface area contributed by atoms with Gasteiger partial charge in [-0.15, -0.1) is 6.58 Å². The predicted octanol–water partition coefficient (Wildman–Crippen LogP) is 0.499. The molecule has 0 aliphatic rings. The summed E-state index contributed by atoms with van der Waals surface area (Å²) in [5, 5.41) is 3.11. The van der Waals surface area contributed by atoms with Gasteiger partial charge in [0.05, 0.1) is 0 Å². The highest BCUT2D eigenvalue weighted by atomic mass is 14.9. The minimum absolute atomic E-state index is 0.461. The van der Waals surface area contributed by atoms with Crippen LogP contribution in [0.3, 0.4) is 0 Å². The van der Waals surface area contributed by atoms with Crippen molar-refractivity contribution >= 4 is 0 Å². The molecule has 0 aromatic rings. The monoisotopic (exact) mass is 128 g/mol. The van der Waals surface area contributed by atoms with Crippen LogP contribution in [-0.2, 0) is 0 Å². The van der Waals surface area contributed by atoms with Gasteiger partial charge in [-0.25, -0.2) is 0 Å². The summed E-state index contributed by atoms with van der Waals surface area (Å²) in [6.45, 7) is 4.35. The van der Waals surface area contributed by atoms with E-state index in [4.69, 9.17) is 5.73 Å². The van der Waals surface area contributed by atoms with Gasteiger partial charge in [0.25, 0.3) is 0 Å². The third-order valence-corrected chi connectivity index (χ3v) is 1.41. The van der Waals surface area contributed by atoms with Crippen molar-refractivity contribution in [1.82, 2.24) is 5.32 Å². The Hall–Kier alpha value is -0.340. The van der Waals surface area contributed by atoms with E-state index in [1.165, 1.54) is 0 Å². The van der Waals surface area contributed by atoms with Crippen LogP contribution < -0.4 is 11.1 Å². The van der Waals surface area contributed by atoms with E-state index in [1.54, 1.807) is 0 Å². The summed E-state index contributed by atoms with van der Waals surface area (Å²) < 4.78 is 0. The number of nitrogens with two attached hydrogens (primary N) is 1. The third-order valence-electron chi connectivity index (χ3n) is 1.41. The lowest BCUT2D eigenvalue weighted by Gasteiger charge is -2.10. The smallest absolute Gasteiger partial charge is 0.0190 e. The van der Waals surface area contributed by atoms with Gasteiger partial charge in [0.2, 0.25) is 0 Å². The number of nitrogens with one attached hydrogen (secondary N) is 1. The summed E-state index contributed by atoms with van der Waals surface area (Å²) in [6.07, 6.45) is 4.05. The number of hydrogen-bond donors (Lipinski definition) is 2. The van der Waals surface area contributed by atoms with E-state index >= 15 is 0 Å². The molecule has 0 spiro atoms.